The molecule has 38 heavy (non-hydrogen) atoms. The van der Waals surface area contributed by atoms with Gasteiger partial charge >= 0.3 is 0 Å². The van der Waals surface area contributed by atoms with Crippen molar-refractivity contribution in [2.75, 3.05) is 17.4 Å². The normalized spacial score (nSPS) is 12.0. The maximum Gasteiger partial charge on any atom is 0.264 e. The van der Waals surface area contributed by atoms with E-state index in [4.69, 9.17) is 11.6 Å². The van der Waals surface area contributed by atoms with Crippen molar-refractivity contribution in [2.45, 2.75) is 44.7 Å². The Balaban J connectivity index is 2.04. The number of carbonyl (C=O) groups is 2. The third kappa shape index (κ3) is 7.11. The summed E-state index contributed by atoms with van der Waals surface area (Å²) in [4.78, 5) is 28.0. The third-order valence-corrected chi connectivity index (χ3v) is 8.05. The fourth-order valence-electron chi connectivity index (χ4n) is 3.97. The second-order valence-electron chi connectivity index (χ2n) is 8.77. The van der Waals surface area contributed by atoms with E-state index in [0.29, 0.717) is 18.0 Å². The molecule has 1 atom stereocenters. The highest BCUT2D eigenvalue weighted by Crippen LogP contribution is 2.25. The Bertz CT molecular complexity index is 1350. The first-order valence-electron chi connectivity index (χ1n) is 12.2. The van der Waals surface area contributed by atoms with Gasteiger partial charge in [0.25, 0.3) is 10.0 Å². The highest BCUT2D eigenvalue weighted by molar-refractivity contribution is 7.92. The van der Waals surface area contributed by atoms with Crippen LogP contribution in [0.25, 0.3) is 0 Å². The van der Waals surface area contributed by atoms with E-state index in [0.717, 1.165) is 39.7 Å². The van der Waals surface area contributed by atoms with Gasteiger partial charge in [-0.15, -0.1) is 0 Å². The van der Waals surface area contributed by atoms with Crippen LogP contribution in [-0.4, -0.2) is 44.3 Å². The van der Waals surface area contributed by atoms with Gasteiger partial charge in [0, 0.05) is 18.1 Å². The zero-order chi connectivity index (χ0) is 27.9. The topological polar surface area (TPSA) is 86.8 Å². The minimum absolute atomic E-state index is 0.0734. The molecule has 1 unspecified atom stereocenters. The van der Waals surface area contributed by atoms with Gasteiger partial charge in [0.15, 0.2) is 0 Å². The van der Waals surface area contributed by atoms with Crippen LogP contribution in [0.4, 0.5) is 10.1 Å². The summed E-state index contributed by atoms with van der Waals surface area (Å²) in [5.41, 5.74) is 1.91. The van der Waals surface area contributed by atoms with Crippen LogP contribution in [0.5, 0.6) is 0 Å². The Morgan fingerprint density at radius 2 is 1.55 bits per heavy atom. The maximum atomic E-state index is 13.9. The molecule has 7 nitrogen and oxygen atoms in total. The van der Waals surface area contributed by atoms with Crippen molar-refractivity contribution in [3.8, 4) is 0 Å². The minimum atomic E-state index is -4.25. The highest BCUT2D eigenvalue weighted by atomic mass is 35.5. The van der Waals surface area contributed by atoms with Crippen LogP contribution in [0.3, 0.4) is 0 Å². The predicted octanol–water partition coefficient (Wildman–Crippen LogP) is 4.93. The number of likely N-dealkylation sites (N-methyl/N-ethyl adjacent to an activating group) is 1. The molecule has 3 aromatic carbocycles. The van der Waals surface area contributed by atoms with Crippen molar-refractivity contribution >= 4 is 39.1 Å². The SMILES string of the molecule is CCNC(=O)C(CC)N(Cc1ccc(Cl)cc1)C(=O)CN(c1ccc(C)cc1)S(=O)(=O)c1ccc(F)cc1. The van der Waals surface area contributed by atoms with Crippen LogP contribution in [0, 0.1) is 12.7 Å². The first kappa shape index (κ1) is 29.1. The molecule has 0 saturated heterocycles. The number of rotatable bonds is 11. The Morgan fingerprint density at radius 3 is 2.11 bits per heavy atom. The molecule has 202 valence electrons. The number of aryl methyl sites for hydroxylation is 1. The molecular formula is C28H31ClFN3O4S. The van der Waals surface area contributed by atoms with E-state index >= 15 is 0 Å². The fraction of sp³-hybridized carbons (Fsp3) is 0.286. The van der Waals surface area contributed by atoms with E-state index in [2.05, 4.69) is 5.32 Å². The molecule has 10 heteroatoms. The number of nitrogens with zero attached hydrogens (tertiary/aromatic N) is 2. The number of hydrogen-bond donors (Lipinski definition) is 1. The quantitative estimate of drug-likeness (QED) is 0.361. The smallest absolute Gasteiger partial charge is 0.264 e. The number of amides is 2. The summed E-state index contributed by atoms with van der Waals surface area (Å²) < 4.78 is 41.9. The van der Waals surface area contributed by atoms with E-state index in [1.807, 2.05) is 6.92 Å². The maximum absolute atomic E-state index is 13.9. The third-order valence-electron chi connectivity index (χ3n) is 6.01. The van der Waals surface area contributed by atoms with Crippen molar-refractivity contribution in [1.29, 1.82) is 0 Å². The van der Waals surface area contributed by atoms with Gasteiger partial charge in [-0.3, -0.25) is 13.9 Å². The lowest BCUT2D eigenvalue weighted by Crippen LogP contribution is -2.52. The number of anilines is 1. The first-order chi connectivity index (χ1) is 18.1. The van der Waals surface area contributed by atoms with Crippen LogP contribution >= 0.6 is 11.6 Å². The summed E-state index contributed by atoms with van der Waals surface area (Å²) >= 11 is 6.02. The van der Waals surface area contributed by atoms with Crippen molar-refractivity contribution in [3.63, 3.8) is 0 Å². The molecule has 2 amide bonds. The van der Waals surface area contributed by atoms with Gasteiger partial charge in [0.1, 0.15) is 18.4 Å². The number of carbonyl (C=O) groups excluding carboxylic acids is 2. The van der Waals surface area contributed by atoms with Crippen molar-refractivity contribution in [3.05, 3.63) is 94.8 Å². The molecule has 0 fully saturated rings. The number of nitrogens with one attached hydrogen (secondary N) is 1. The second-order valence-corrected chi connectivity index (χ2v) is 11.1. The van der Waals surface area contributed by atoms with Gasteiger partial charge in [-0.05, 0) is 74.4 Å². The number of sulfonamides is 1. The molecule has 0 saturated carbocycles. The van der Waals surface area contributed by atoms with Gasteiger partial charge in [0.05, 0.1) is 10.6 Å². The zero-order valence-corrected chi connectivity index (χ0v) is 23.1. The monoisotopic (exact) mass is 559 g/mol. The molecular weight excluding hydrogens is 529 g/mol. The number of benzene rings is 3. The molecule has 1 N–H and O–H groups in total. The number of hydrogen-bond acceptors (Lipinski definition) is 4. The van der Waals surface area contributed by atoms with Gasteiger partial charge < -0.3 is 10.2 Å². The molecule has 0 heterocycles. The summed E-state index contributed by atoms with van der Waals surface area (Å²) in [5.74, 6) is -1.48. The summed E-state index contributed by atoms with van der Waals surface area (Å²) in [5, 5.41) is 3.28. The van der Waals surface area contributed by atoms with Gasteiger partial charge in [-0.1, -0.05) is 48.4 Å². The largest absolute Gasteiger partial charge is 0.355 e. The average molecular weight is 560 g/mol. The Hall–Kier alpha value is -3.43. The standard InChI is InChI=1S/C28H31ClFN3O4S/c1-4-26(28(35)31-5-2)32(18-21-8-10-22(29)11-9-21)27(34)19-33(24-14-6-20(3)7-15-24)38(36,37)25-16-12-23(30)13-17-25/h6-17,26H,4-5,18-19H2,1-3H3,(H,31,35). The Labute approximate surface area is 228 Å². The Kier molecular flexibility index (Phi) is 9.88. The summed E-state index contributed by atoms with van der Waals surface area (Å²) in [7, 11) is -4.25. The van der Waals surface area contributed by atoms with E-state index in [-0.39, 0.29) is 23.0 Å². The zero-order valence-electron chi connectivity index (χ0n) is 21.5. The molecule has 0 radical (unpaired) electrons. The summed E-state index contributed by atoms with van der Waals surface area (Å²) in [6.45, 7) is 5.32. The van der Waals surface area contributed by atoms with E-state index in [1.54, 1.807) is 62.4 Å². The van der Waals surface area contributed by atoms with E-state index in [9.17, 15) is 22.4 Å². The highest BCUT2D eigenvalue weighted by Gasteiger charge is 2.33. The second kappa shape index (κ2) is 12.9. The van der Waals surface area contributed by atoms with Gasteiger partial charge in [-0.2, -0.15) is 0 Å². The fourth-order valence-corrected chi connectivity index (χ4v) is 5.51. The molecule has 0 aromatic heterocycles. The minimum Gasteiger partial charge on any atom is -0.355 e. The molecule has 0 bridgehead atoms. The molecule has 3 rings (SSSR count). The van der Waals surface area contributed by atoms with Crippen LogP contribution < -0.4 is 9.62 Å². The molecule has 0 aliphatic carbocycles. The summed E-state index contributed by atoms with van der Waals surface area (Å²) in [6.07, 6.45) is 0.320. The lowest BCUT2D eigenvalue weighted by Gasteiger charge is -2.33. The lowest BCUT2D eigenvalue weighted by molar-refractivity contribution is -0.140. The summed E-state index contributed by atoms with van der Waals surface area (Å²) in [6, 6.07) is 17.2. The van der Waals surface area contributed by atoms with Gasteiger partial charge in [0.2, 0.25) is 11.8 Å². The van der Waals surface area contributed by atoms with Crippen LogP contribution in [0.1, 0.15) is 31.4 Å². The number of halogens is 2. The molecule has 0 spiro atoms. The van der Waals surface area contributed by atoms with Crippen molar-refractivity contribution in [1.82, 2.24) is 10.2 Å². The van der Waals surface area contributed by atoms with Crippen LogP contribution in [-0.2, 0) is 26.2 Å². The Morgan fingerprint density at radius 1 is 0.947 bits per heavy atom. The molecule has 0 aliphatic heterocycles. The van der Waals surface area contributed by atoms with Crippen LogP contribution in [0.15, 0.2) is 77.7 Å². The first-order valence-corrected chi connectivity index (χ1v) is 14.0. The predicted molar refractivity (Wildman–Crippen MR) is 147 cm³/mol. The van der Waals surface area contributed by atoms with E-state index < -0.39 is 34.3 Å². The molecule has 3 aromatic rings. The van der Waals surface area contributed by atoms with E-state index in [1.165, 1.54) is 4.90 Å². The van der Waals surface area contributed by atoms with Crippen molar-refractivity contribution < 1.29 is 22.4 Å². The average Bonchev–Trinajstić information content (AvgIpc) is 2.89. The van der Waals surface area contributed by atoms with Gasteiger partial charge in [-0.25, -0.2) is 12.8 Å². The molecule has 0 aliphatic rings. The lowest BCUT2D eigenvalue weighted by atomic mass is 10.1. The van der Waals surface area contributed by atoms with Crippen molar-refractivity contribution in [2.24, 2.45) is 0 Å². The van der Waals surface area contributed by atoms with Crippen LogP contribution in [0.2, 0.25) is 5.02 Å².